The van der Waals surface area contributed by atoms with Crippen molar-refractivity contribution in [3.8, 4) is 0 Å². The van der Waals surface area contributed by atoms with Gasteiger partial charge in [0.1, 0.15) is 5.60 Å². The number of rotatable bonds is 3. The second kappa shape index (κ2) is 7.00. The number of nitrogens with zero attached hydrogens (tertiary/aromatic N) is 4. The topological polar surface area (TPSA) is 76.6 Å². The molecule has 0 bridgehead atoms. The van der Waals surface area contributed by atoms with Gasteiger partial charge in [0.15, 0.2) is 0 Å². The zero-order chi connectivity index (χ0) is 16.2. The molecule has 1 aromatic rings. The van der Waals surface area contributed by atoms with Gasteiger partial charge in [-0.05, 0) is 33.7 Å². The summed E-state index contributed by atoms with van der Waals surface area (Å²) in [5, 5.41) is 4.19. The normalized spacial score (nSPS) is 17.3. The van der Waals surface area contributed by atoms with E-state index in [2.05, 4.69) is 10.00 Å². The smallest absolute Gasteiger partial charge is 0.410 e. The van der Waals surface area contributed by atoms with E-state index in [-0.39, 0.29) is 6.09 Å². The molecular weight excluding hydrogens is 282 g/mol. The molecule has 1 aliphatic heterocycles. The lowest BCUT2D eigenvalue weighted by atomic mass is 10.2. The minimum Gasteiger partial charge on any atom is -0.444 e. The maximum absolute atomic E-state index is 12.1. The fourth-order valence-corrected chi connectivity index (χ4v) is 2.45. The lowest BCUT2D eigenvalue weighted by Crippen LogP contribution is -2.39. The average Bonchev–Trinajstić information content (AvgIpc) is 2.69. The molecule has 0 unspecified atom stereocenters. The lowest BCUT2D eigenvalue weighted by Gasteiger charge is -2.26. The highest BCUT2D eigenvalue weighted by molar-refractivity contribution is 5.68. The molecule has 7 nitrogen and oxygen atoms in total. The monoisotopic (exact) mass is 309 g/mol. The first-order chi connectivity index (χ1) is 10.3. The molecular formula is C15H27N5O2. The summed E-state index contributed by atoms with van der Waals surface area (Å²) in [6.07, 6.45) is 4.24. The van der Waals surface area contributed by atoms with E-state index >= 15 is 0 Å². The summed E-state index contributed by atoms with van der Waals surface area (Å²) in [7, 11) is 0. The number of aromatic nitrogens is 2. The maximum Gasteiger partial charge on any atom is 0.410 e. The van der Waals surface area contributed by atoms with E-state index in [0.717, 1.165) is 39.1 Å². The van der Waals surface area contributed by atoms with Crippen LogP contribution in [-0.4, -0.2) is 64.0 Å². The van der Waals surface area contributed by atoms with E-state index in [9.17, 15) is 4.79 Å². The highest BCUT2D eigenvalue weighted by Crippen LogP contribution is 2.12. The van der Waals surface area contributed by atoms with Gasteiger partial charge in [-0.25, -0.2) is 4.79 Å². The summed E-state index contributed by atoms with van der Waals surface area (Å²) in [4.78, 5) is 16.3. The number of ether oxygens (including phenoxy) is 1. The molecule has 0 spiro atoms. The van der Waals surface area contributed by atoms with Crippen molar-refractivity contribution in [2.24, 2.45) is 0 Å². The average molecular weight is 309 g/mol. The Bertz CT molecular complexity index is 494. The number of amides is 1. The summed E-state index contributed by atoms with van der Waals surface area (Å²) in [6.45, 7) is 10.7. The number of nitrogen functional groups attached to an aromatic ring is 1. The van der Waals surface area contributed by atoms with Gasteiger partial charge in [0.05, 0.1) is 18.4 Å². The van der Waals surface area contributed by atoms with Crippen molar-refractivity contribution < 1.29 is 9.53 Å². The summed E-state index contributed by atoms with van der Waals surface area (Å²) in [5.74, 6) is 0. The van der Waals surface area contributed by atoms with Crippen molar-refractivity contribution in [3.05, 3.63) is 12.4 Å². The zero-order valence-corrected chi connectivity index (χ0v) is 13.8. The van der Waals surface area contributed by atoms with E-state index in [0.29, 0.717) is 12.2 Å². The summed E-state index contributed by atoms with van der Waals surface area (Å²) < 4.78 is 7.29. The summed E-state index contributed by atoms with van der Waals surface area (Å²) >= 11 is 0. The molecule has 1 amide bonds. The highest BCUT2D eigenvalue weighted by atomic mass is 16.6. The SMILES string of the molecule is CC(C)(C)OC(=O)N1CCCN(CCn2cc(N)cn2)CC1. The predicted molar refractivity (Wildman–Crippen MR) is 85.5 cm³/mol. The van der Waals surface area contributed by atoms with Crippen LogP contribution in [0.4, 0.5) is 10.5 Å². The third-order valence-electron chi connectivity index (χ3n) is 3.54. The minimum atomic E-state index is -0.441. The van der Waals surface area contributed by atoms with Crippen LogP contribution < -0.4 is 5.73 Å². The molecule has 124 valence electrons. The van der Waals surface area contributed by atoms with Gasteiger partial charge in [-0.2, -0.15) is 5.10 Å². The quantitative estimate of drug-likeness (QED) is 0.913. The number of carbonyl (C=O) groups excluding carboxylic acids is 1. The standard InChI is InChI=1S/C15H27N5O2/c1-15(2,3)22-14(21)19-6-4-5-18(7-9-19)8-10-20-12-13(16)11-17-20/h11-12H,4-10,16H2,1-3H3. The van der Waals surface area contributed by atoms with Crippen LogP contribution in [0.3, 0.4) is 0 Å². The van der Waals surface area contributed by atoms with Crippen LogP contribution in [0.25, 0.3) is 0 Å². The largest absolute Gasteiger partial charge is 0.444 e. The Hall–Kier alpha value is -1.76. The van der Waals surface area contributed by atoms with Gasteiger partial charge in [0, 0.05) is 32.4 Å². The fourth-order valence-electron chi connectivity index (χ4n) is 2.45. The number of anilines is 1. The Kier molecular flexibility index (Phi) is 5.28. The zero-order valence-electron chi connectivity index (χ0n) is 13.8. The van der Waals surface area contributed by atoms with Crippen molar-refractivity contribution in [1.29, 1.82) is 0 Å². The summed E-state index contributed by atoms with van der Waals surface area (Å²) in [6, 6.07) is 0. The van der Waals surface area contributed by atoms with Crippen molar-refractivity contribution in [1.82, 2.24) is 19.6 Å². The molecule has 0 atom stereocenters. The Labute approximate surface area is 132 Å². The third kappa shape index (κ3) is 5.22. The molecule has 7 heteroatoms. The van der Waals surface area contributed by atoms with E-state index in [1.165, 1.54) is 0 Å². The Morgan fingerprint density at radius 3 is 2.68 bits per heavy atom. The molecule has 0 saturated carbocycles. The van der Waals surface area contributed by atoms with Gasteiger partial charge in [-0.15, -0.1) is 0 Å². The van der Waals surface area contributed by atoms with Crippen LogP contribution in [0.5, 0.6) is 0 Å². The molecule has 2 heterocycles. The highest BCUT2D eigenvalue weighted by Gasteiger charge is 2.24. The Morgan fingerprint density at radius 1 is 1.27 bits per heavy atom. The van der Waals surface area contributed by atoms with Gasteiger partial charge in [0.25, 0.3) is 0 Å². The van der Waals surface area contributed by atoms with E-state index in [1.807, 2.05) is 31.6 Å². The first-order valence-electron chi connectivity index (χ1n) is 7.82. The maximum atomic E-state index is 12.1. The second-order valence-corrected chi connectivity index (χ2v) is 6.70. The van der Waals surface area contributed by atoms with Gasteiger partial charge in [0.2, 0.25) is 0 Å². The van der Waals surface area contributed by atoms with Crippen LogP contribution in [0.2, 0.25) is 0 Å². The number of hydrogen-bond donors (Lipinski definition) is 1. The van der Waals surface area contributed by atoms with Crippen molar-refractivity contribution in [3.63, 3.8) is 0 Å². The van der Waals surface area contributed by atoms with E-state index < -0.39 is 5.60 Å². The van der Waals surface area contributed by atoms with Crippen LogP contribution >= 0.6 is 0 Å². The van der Waals surface area contributed by atoms with Gasteiger partial charge >= 0.3 is 6.09 Å². The molecule has 2 rings (SSSR count). The molecule has 2 N–H and O–H groups in total. The molecule has 1 saturated heterocycles. The van der Waals surface area contributed by atoms with Crippen LogP contribution in [0.15, 0.2) is 12.4 Å². The van der Waals surface area contributed by atoms with Crippen LogP contribution in [-0.2, 0) is 11.3 Å². The van der Waals surface area contributed by atoms with Gasteiger partial charge in [-0.3, -0.25) is 9.58 Å². The fraction of sp³-hybridized carbons (Fsp3) is 0.733. The Balaban J connectivity index is 1.78. The second-order valence-electron chi connectivity index (χ2n) is 6.70. The third-order valence-corrected chi connectivity index (χ3v) is 3.54. The number of carbonyl (C=O) groups is 1. The van der Waals surface area contributed by atoms with Gasteiger partial charge in [-0.1, -0.05) is 0 Å². The molecule has 22 heavy (non-hydrogen) atoms. The molecule has 1 aromatic heterocycles. The minimum absolute atomic E-state index is 0.214. The number of nitrogens with two attached hydrogens (primary N) is 1. The summed E-state index contributed by atoms with van der Waals surface area (Å²) in [5.41, 5.74) is 5.90. The number of hydrogen-bond acceptors (Lipinski definition) is 5. The van der Waals surface area contributed by atoms with Crippen LogP contribution in [0.1, 0.15) is 27.2 Å². The Morgan fingerprint density at radius 2 is 2.05 bits per heavy atom. The molecule has 0 aromatic carbocycles. The predicted octanol–water partition coefficient (Wildman–Crippen LogP) is 1.41. The first kappa shape index (κ1) is 16.6. The van der Waals surface area contributed by atoms with E-state index in [1.54, 1.807) is 11.1 Å². The molecule has 0 aliphatic carbocycles. The van der Waals surface area contributed by atoms with Gasteiger partial charge < -0.3 is 15.4 Å². The van der Waals surface area contributed by atoms with E-state index in [4.69, 9.17) is 10.5 Å². The van der Waals surface area contributed by atoms with Crippen LogP contribution in [0, 0.1) is 0 Å². The first-order valence-corrected chi connectivity index (χ1v) is 7.82. The lowest BCUT2D eigenvalue weighted by molar-refractivity contribution is 0.0257. The van der Waals surface area contributed by atoms with Crippen molar-refractivity contribution in [2.75, 3.05) is 38.5 Å². The van der Waals surface area contributed by atoms with Crippen molar-refractivity contribution in [2.45, 2.75) is 39.3 Å². The molecule has 1 aliphatic rings. The molecule has 1 fully saturated rings. The van der Waals surface area contributed by atoms with Crippen molar-refractivity contribution >= 4 is 11.8 Å². The molecule has 0 radical (unpaired) electrons.